The lowest BCUT2D eigenvalue weighted by Gasteiger charge is -2.10. The molecule has 154 valence electrons. The third-order valence-corrected chi connectivity index (χ3v) is 4.25. The van der Waals surface area contributed by atoms with Crippen LogP contribution in [0.25, 0.3) is 0 Å². The molecule has 0 saturated heterocycles. The largest absolute Gasteiger partial charge is 0.416 e. The first kappa shape index (κ1) is 20.5. The maximum atomic E-state index is 12.9. The summed E-state index contributed by atoms with van der Waals surface area (Å²) in [6, 6.07) is 6.02. The van der Waals surface area contributed by atoms with Gasteiger partial charge in [-0.1, -0.05) is 12.1 Å². The van der Waals surface area contributed by atoms with Crippen LogP contribution in [-0.2, 0) is 12.7 Å². The second kappa shape index (κ2) is 7.64. The van der Waals surface area contributed by atoms with Gasteiger partial charge in [-0.3, -0.25) is 9.48 Å². The number of nitrogens with zero attached hydrogens (tertiary/aromatic N) is 4. The molecule has 1 amide bonds. The van der Waals surface area contributed by atoms with E-state index < -0.39 is 24.2 Å². The zero-order chi connectivity index (χ0) is 21.3. The van der Waals surface area contributed by atoms with E-state index in [2.05, 4.69) is 15.5 Å². The minimum Gasteiger partial charge on any atom is -0.317 e. The van der Waals surface area contributed by atoms with Crippen LogP contribution in [0.3, 0.4) is 0 Å². The van der Waals surface area contributed by atoms with Gasteiger partial charge in [0.1, 0.15) is 0 Å². The van der Waals surface area contributed by atoms with Gasteiger partial charge in [-0.25, -0.2) is 4.68 Å². The Morgan fingerprint density at radius 1 is 1.17 bits per heavy atom. The molecule has 0 fully saturated rings. The summed E-state index contributed by atoms with van der Waals surface area (Å²) >= 11 is 0. The number of benzene rings is 1. The Morgan fingerprint density at radius 3 is 2.52 bits per heavy atom. The zero-order valence-electron chi connectivity index (χ0n) is 15.3. The molecular weight excluding hydrogens is 397 g/mol. The van der Waals surface area contributed by atoms with Crippen molar-refractivity contribution < 1.29 is 26.7 Å². The van der Waals surface area contributed by atoms with Gasteiger partial charge < -0.3 is 5.32 Å². The standard InChI is InChI=1S/C18H16F5N5O/c1-10-15(24-16(29)14-6-7-27(26-14)17(19)20)11(2)28(25-10)9-12-4-3-5-13(8-12)18(21,22)23/h3-8,17H,9H2,1-2H3,(H,24,29). The molecule has 6 nitrogen and oxygen atoms in total. The molecule has 2 aromatic heterocycles. The Labute approximate surface area is 161 Å². The van der Waals surface area contributed by atoms with Crippen molar-refractivity contribution in [3.05, 3.63) is 64.7 Å². The monoisotopic (exact) mass is 413 g/mol. The van der Waals surface area contributed by atoms with Crippen LogP contribution >= 0.6 is 0 Å². The first-order valence-electron chi connectivity index (χ1n) is 8.41. The van der Waals surface area contributed by atoms with Crippen LogP contribution in [0.15, 0.2) is 36.5 Å². The van der Waals surface area contributed by atoms with E-state index in [-0.39, 0.29) is 12.2 Å². The second-order valence-corrected chi connectivity index (χ2v) is 6.31. The molecule has 0 unspecified atom stereocenters. The van der Waals surface area contributed by atoms with Gasteiger partial charge in [0.25, 0.3) is 5.91 Å². The van der Waals surface area contributed by atoms with Crippen molar-refractivity contribution in [3.63, 3.8) is 0 Å². The molecule has 3 rings (SSSR count). The minimum atomic E-state index is -4.45. The zero-order valence-corrected chi connectivity index (χ0v) is 15.3. The summed E-state index contributed by atoms with van der Waals surface area (Å²) in [5, 5.41) is 10.3. The number of rotatable bonds is 5. The molecule has 0 aliphatic carbocycles. The second-order valence-electron chi connectivity index (χ2n) is 6.31. The van der Waals surface area contributed by atoms with Crippen LogP contribution in [0.4, 0.5) is 27.6 Å². The molecule has 0 aliphatic rings. The lowest BCUT2D eigenvalue weighted by atomic mass is 10.1. The number of aryl methyl sites for hydroxylation is 1. The first-order chi connectivity index (χ1) is 13.6. The first-order valence-corrected chi connectivity index (χ1v) is 8.41. The molecule has 0 radical (unpaired) electrons. The number of alkyl halides is 5. The Morgan fingerprint density at radius 2 is 1.90 bits per heavy atom. The minimum absolute atomic E-state index is 0.0620. The summed E-state index contributed by atoms with van der Waals surface area (Å²) in [6.45, 7) is 0.450. The Balaban J connectivity index is 1.80. The van der Waals surface area contributed by atoms with E-state index in [0.717, 1.165) is 24.4 Å². The number of halogens is 5. The highest BCUT2D eigenvalue weighted by Crippen LogP contribution is 2.30. The van der Waals surface area contributed by atoms with Gasteiger partial charge in [0.15, 0.2) is 5.69 Å². The Hall–Kier alpha value is -3.24. The lowest BCUT2D eigenvalue weighted by molar-refractivity contribution is -0.137. The van der Waals surface area contributed by atoms with Gasteiger partial charge in [-0.2, -0.15) is 32.1 Å². The molecule has 0 spiro atoms. The normalized spacial score (nSPS) is 11.9. The lowest BCUT2D eigenvalue weighted by Crippen LogP contribution is -2.15. The van der Waals surface area contributed by atoms with Crippen molar-refractivity contribution >= 4 is 11.6 Å². The maximum Gasteiger partial charge on any atom is 0.416 e. The third kappa shape index (κ3) is 4.44. The summed E-state index contributed by atoms with van der Waals surface area (Å²) in [5.41, 5.74) is 0.694. The van der Waals surface area contributed by atoms with E-state index in [1.54, 1.807) is 19.9 Å². The van der Waals surface area contributed by atoms with Gasteiger partial charge in [-0.15, -0.1) is 0 Å². The number of hydrogen-bond donors (Lipinski definition) is 1. The Kier molecular flexibility index (Phi) is 5.40. The average Bonchev–Trinajstić information content (AvgIpc) is 3.23. The molecule has 1 N–H and O–H groups in total. The van der Waals surface area contributed by atoms with Gasteiger partial charge in [0.2, 0.25) is 0 Å². The number of hydrogen-bond acceptors (Lipinski definition) is 3. The van der Waals surface area contributed by atoms with E-state index in [0.29, 0.717) is 27.3 Å². The van der Waals surface area contributed by atoms with Crippen molar-refractivity contribution in [3.8, 4) is 0 Å². The predicted octanol–water partition coefficient (Wildman–Crippen LogP) is 4.41. The molecule has 1 aromatic carbocycles. The summed E-state index contributed by atoms with van der Waals surface area (Å²) in [4.78, 5) is 12.3. The molecular formula is C18H16F5N5O. The summed E-state index contributed by atoms with van der Waals surface area (Å²) < 4.78 is 65.7. The van der Waals surface area contributed by atoms with Crippen LogP contribution in [0.2, 0.25) is 0 Å². The summed E-state index contributed by atoms with van der Waals surface area (Å²) in [5.74, 6) is -0.700. The molecule has 0 saturated carbocycles. The molecule has 0 aliphatic heterocycles. The van der Waals surface area contributed by atoms with Gasteiger partial charge in [0.05, 0.1) is 29.2 Å². The molecule has 2 heterocycles. The number of amides is 1. The molecule has 0 atom stereocenters. The number of carbonyl (C=O) groups excluding carboxylic acids is 1. The van der Waals surface area contributed by atoms with Crippen molar-refractivity contribution in [2.45, 2.75) is 33.1 Å². The van der Waals surface area contributed by atoms with Gasteiger partial charge in [-0.05, 0) is 37.6 Å². The van der Waals surface area contributed by atoms with Gasteiger partial charge in [0, 0.05) is 6.20 Å². The number of carbonyl (C=O) groups is 1. The van der Waals surface area contributed by atoms with E-state index in [4.69, 9.17) is 0 Å². The molecule has 29 heavy (non-hydrogen) atoms. The van der Waals surface area contributed by atoms with Crippen LogP contribution in [0.1, 0.15) is 39.6 Å². The molecule has 3 aromatic rings. The summed E-state index contributed by atoms with van der Waals surface area (Å²) in [6.07, 6.45) is -3.47. The van der Waals surface area contributed by atoms with E-state index in [1.165, 1.54) is 10.7 Å². The van der Waals surface area contributed by atoms with Crippen molar-refractivity contribution in [1.29, 1.82) is 0 Å². The van der Waals surface area contributed by atoms with Crippen LogP contribution < -0.4 is 5.32 Å². The number of aromatic nitrogens is 4. The Bertz CT molecular complexity index is 1040. The third-order valence-electron chi connectivity index (χ3n) is 4.25. The maximum absolute atomic E-state index is 12.9. The SMILES string of the molecule is Cc1nn(Cc2cccc(C(F)(F)F)c2)c(C)c1NC(=O)c1ccn(C(F)F)n1. The van der Waals surface area contributed by atoms with Gasteiger partial charge >= 0.3 is 12.7 Å². The van der Waals surface area contributed by atoms with Crippen LogP contribution in [-0.4, -0.2) is 25.5 Å². The smallest absolute Gasteiger partial charge is 0.317 e. The fourth-order valence-corrected chi connectivity index (χ4v) is 2.80. The van der Waals surface area contributed by atoms with E-state index in [9.17, 15) is 26.7 Å². The quantitative estimate of drug-likeness (QED) is 0.631. The predicted molar refractivity (Wildman–Crippen MR) is 93.7 cm³/mol. The number of nitrogens with one attached hydrogen (secondary N) is 1. The van der Waals surface area contributed by atoms with E-state index in [1.807, 2.05) is 0 Å². The number of anilines is 1. The van der Waals surface area contributed by atoms with Crippen molar-refractivity contribution in [1.82, 2.24) is 19.6 Å². The fraction of sp³-hybridized carbons (Fsp3) is 0.278. The van der Waals surface area contributed by atoms with Crippen LogP contribution in [0.5, 0.6) is 0 Å². The molecule has 11 heteroatoms. The topological polar surface area (TPSA) is 64.7 Å². The highest BCUT2D eigenvalue weighted by Gasteiger charge is 2.30. The summed E-state index contributed by atoms with van der Waals surface area (Å²) in [7, 11) is 0. The average molecular weight is 413 g/mol. The highest BCUT2D eigenvalue weighted by atomic mass is 19.4. The van der Waals surface area contributed by atoms with Crippen LogP contribution in [0, 0.1) is 13.8 Å². The fourth-order valence-electron chi connectivity index (χ4n) is 2.80. The highest BCUT2D eigenvalue weighted by molar-refractivity contribution is 6.03. The molecule has 0 bridgehead atoms. The van der Waals surface area contributed by atoms with Crippen molar-refractivity contribution in [2.24, 2.45) is 0 Å². The van der Waals surface area contributed by atoms with E-state index >= 15 is 0 Å². The van der Waals surface area contributed by atoms with Crippen molar-refractivity contribution in [2.75, 3.05) is 5.32 Å².